The average Bonchev–Trinajstić information content (AvgIpc) is 2.28. The van der Waals surface area contributed by atoms with E-state index < -0.39 is 0 Å². The quantitative estimate of drug-likeness (QED) is 0.848. The second kappa shape index (κ2) is 7.07. The summed E-state index contributed by atoms with van der Waals surface area (Å²) in [6, 6.07) is 4.44. The van der Waals surface area contributed by atoms with Crippen LogP contribution in [-0.4, -0.2) is 31.5 Å². The van der Waals surface area contributed by atoms with E-state index in [2.05, 4.69) is 5.32 Å². The summed E-state index contributed by atoms with van der Waals surface area (Å²) in [6.07, 6.45) is 0. The van der Waals surface area contributed by atoms with Crippen LogP contribution in [0, 0.1) is 0 Å². The van der Waals surface area contributed by atoms with Crippen LogP contribution in [0.2, 0.25) is 10.0 Å². The van der Waals surface area contributed by atoms with Crippen LogP contribution in [-0.2, 0) is 4.74 Å². The van der Waals surface area contributed by atoms with Crippen LogP contribution >= 0.6 is 34.8 Å². The molecule has 6 heteroatoms. The Labute approximate surface area is 115 Å². The van der Waals surface area contributed by atoms with Crippen molar-refractivity contribution in [1.82, 2.24) is 5.32 Å². The standard InChI is InChI=1S/C11H12Cl3NO2/c1-17-6-8(5-12)15-11(16)9-3-2-7(13)4-10(9)14/h2-4,8H,5-6H2,1H3,(H,15,16). The number of hydrogen-bond acceptors (Lipinski definition) is 2. The number of methoxy groups -OCH3 is 1. The van der Waals surface area contributed by atoms with Gasteiger partial charge in [0.1, 0.15) is 0 Å². The van der Waals surface area contributed by atoms with Crippen LogP contribution in [0.15, 0.2) is 18.2 Å². The van der Waals surface area contributed by atoms with Gasteiger partial charge in [0, 0.05) is 18.0 Å². The van der Waals surface area contributed by atoms with Gasteiger partial charge in [-0.1, -0.05) is 23.2 Å². The first-order chi connectivity index (χ1) is 8.08. The van der Waals surface area contributed by atoms with E-state index in [-0.39, 0.29) is 17.8 Å². The Hall–Kier alpha value is -0.480. The van der Waals surface area contributed by atoms with Crippen molar-refractivity contribution in [2.24, 2.45) is 0 Å². The van der Waals surface area contributed by atoms with Crippen molar-refractivity contribution in [2.45, 2.75) is 6.04 Å². The molecule has 1 rings (SSSR count). The van der Waals surface area contributed by atoms with Crippen molar-refractivity contribution in [3.05, 3.63) is 33.8 Å². The molecule has 0 aliphatic rings. The van der Waals surface area contributed by atoms with Gasteiger partial charge in [0.2, 0.25) is 0 Å². The minimum atomic E-state index is -0.297. The van der Waals surface area contributed by atoms with Crippen molar-refractivity contribution in [3.8, 4) is 0 Å². The first kappa shape index (κ1) is 14.6. The van der Waals surface area contributed by atoms with E-state index in [0.29, 0.717) is 22.2 Å². The van der Waals surface area contributed by atoms with Gasteiger partial charge in [-0.2, -0.15) is 0 Å². The van der Waals surface area contributed by atoms with Gasteiger partial charge in [0.15, 0.2) is 0 Å². The Morgan fingerprint density at radius 2 is 2.18 bits per heavy atom. The summed E-state index contributed by atoms with van der Waals surface area (Å²) in [5.74, 6) is -0.0282. The lowest BCUT2D eigenvalue weighted by molar-refractivity contribution is 0.0907. The van der Waals surface area contributed by atoms with Gasteiger partial charge >= 0.3 is 0 Å². The van der Waals surface area contributed by atoms with E-state index >= 15 is 0 Å². The molecule has 1 atom stereocenters. The molecular weight excluding hydrogens is 284 g/mol. The summed E-state index contributed by atoms with van der Waals surface area (Å²) < 4.78 is 4.93. The first-order valence-corrected chi connectivity index (χ1v) is 6.18. The van der Waals surface area contributed by atoms with Gasteiger partial charge in [-0.05, 0) is 18.2 Å². The van der Waals surface area contributed by atoms with E-state index in [9.17, 15) is 4.79 Å². The topological polar surface area (TPSA) is 38.3 Å². The highest BCUT2D eigenvalue weighted by Crippen LogP contribution is 2.20. The normalized spacial score (nSPS) is 12.2. The molecule has 0 saturated carbocycles. The summed E-state index contributed by atoms with van der Waals surface area (Å²) in [5.41, 5.74) is 0.363. The molecule has 1 aromatic carbocycles. The van der Waals surface area contributed by atoms with Gasteiger partial charge in [-0.3, -0.25) is 4.79 Å². The third kappa shape index (κ3) is 4.36. The second-order valence-electron chi connectivity index (χ2n) is 3.40. The highest BCUT2D eigenvalue weighted by molar-refractivity contribution is 6.36. The SMILES string of the molecule is COCC(CCl)NC(=O)c1ccc(Cl)cc1Cl. The molecule has 0 heterocycles. The number of halogens is 3. The Bertz CT molecular complexity index is 398. The predicted octanol–water partition coefficient (Wildman–Crippen LogP) is 2.98. The lowest BCUT2D eigenvalue weighted by Crippen LogP contribution is -2.39. The fourth-order valence-electron chi connectivity index (χ4n) is 1.26. The smallest absolute Gasteiger partial charge is 0.253 e. The van der Waals surface area contributed by atoms with E-state index in [1.54, 1.807) is 19.2 Å². The van der Waals surface area contributed by atoms with Crippen LogP contribution in [0.1, 0.15) is 10.4 Å². The van der Waals surface area contributed by atoms with Gasteiger partial charge in [0.25, 0.3) is 5.91 Å². The number of ether oxygens (including phenoxy) is 1. The molecule has 17 heavy (non-hydrogen) atoms. The zero-order valence-electron chi connectivity index (χ0n) is 9.17. The molecule has 1 N–H and O–H groups in total. The number of hydrogen-bond donors (Lipinski definition) is 1. The summed E-state index contributed by atoms with van der Waals surface area (Å²) in [7, 11) is 1.54. The van der Waals surface area contributed by atoms with Gasteiger partial charge in [0.05, 0.1) is 23.2 Å². The summed E-state index contributed by atoms with van der Waals surface area (Å²) >= 11 is 17.4. The van der Waals surface area contributed by atoms with Crippen molar-refractivity contribution < 1.29 is 9.53 Å². The van der Waals surface area contributed by atoms with E-state index in [4.69, 9.17) is 39.5 Å². The molecule has 1 amide bonds. The molecular formula is C11H12Cl3NO2. The van der Waals surface area contributed by atoms with Gasteiger partial charge in [-0.25, -0.2) is 0 Å². The summed E-state index contributed by atoms with van der Waals surface area (Å²) in [6.45, 7) is 0.348. The Balaban J connectivity index is 2.75. The third-order valence-corrected chi connectivity index (χ3v) is 2.99. The van der Waals surface area contributed by atoms with Gasteiger partial charge in [-0.15, -0.1) is 11.6 Å². The molecule has 0 bridgehead atoms. The number of alkyl halides is 1. The Kier molecular flexibility index (Phi) is 6.06. The number of benzene rings is 1. The molecule has 0 radical (unpaired) electrons. The zero-order chi connectivity index (χ0) is 12.8. The number of rotatable bonds is 5. The van der Waals surface area contributed by atoms with Crippen LogP contribution in [0.25, 0.3) is 0 Å². The monoisotopic (exact) mass is 295 g/mol. The minimum Gasteiger partial charge on any atom is -0.383 e. The number of carbonyl (C=O) groups is 1. The van der Waals surface area contributed by atoms with Crippen molar-refractivity contribution >= 4 is 40.7 Å². The van der Waals surface area contributed by atoms with Crippen LogP contribution in [0.4, 0.5) is 0 Å². The molecule has 0 fully saturated rings. The largest absolute Gasteiger partial charge is 0.383 e. The maximum absolute atomic E-state index is 11.9. The van der Waals surface area contributed by atoms with Crippen molar-refractivity contribution in [1.29, 1.82) is 0 Å². The van der Waals surface area contributed by atoms with Gasteiger partial charge < -0.3 is 10.1 Å². The molecule has 0 spiro atoms. The molecule has 1 unspecified atom stereocenters. The molecule has 94 valence electrons. The zero-order valence-corrected chi connectivity index (χ0v) is 11.4. The molecule has 0 aromatic heterocycles. The number of nitrogens with one attached hydrogen (secondary N) is 1. The highest BCUT2D eigenvalue weighted by atomic mass is 35.5. The molecule has 0 saturated heterocycles. The van der Waals surface area contributed by atoms with Crippen LogP contribution < -0.4 is 5.32 Å². The number of carbonyl (C=O) groups excluding carboxylic acids is 1. The third-order valence-electron chi connectivity index (χ3n) is 2.07. The first-order valence-electron chi connectivity index (χ1n) is 4.89. The van der Waals surface area contributed by atoms with E-state index in [0.717, 1.165) is 0 Å². The maximum Gasteiger partial charge on any atom is 0.253 e. The molecule has 0 aliphatic heterocycles. The van der Waals surface area contributed by atoms with Crippen molar-refractivity contribution in [2.75, 3.05) is 19.6 Å². The highest BCUT2D eigenvalue weighted by Gasteiger charge is 2.15. The number of amides is 1. The summed E-state index contributed by atoms with van der Waals surface area (Å²) in [4.78, 5) is 11.9. The maximum atomic E-state index is 11.9. The molecule has 0 aliphatic carbocycles. The van der Waals surface area contributed by atoms with E-state index in [1.165, 1.54) is 6.07 Å². The van der Waals surface area contributed by atoms with Crippen molar-refractivity contribution in [3.63, 3.8) is 0 Å². The van der Waals surface area contributed by atoms with Crippen LogP contribution in [0.5, 0.6) is 0 Å². The van der Waals surface area contributed by atoms with E-state index in [1.807, 2.05) is 0 Å². The Morgan fingerprint density at radius 3 is 2.71 bits per heavy atom. The lowest BCUT2D eigenvalue weighted by Gasteiger charge is -2.15. The fraction of sp³-hybridized carbons (Fsp3) is 0.364. The molecule has 1 aromatic rings. The summed E-state index contributed by atoms with van der Waals surface area (Å²) in [5, 5.41) is 3.51. The van der Waals surface area contributed by atoms with Crippen LogP contribution in [0.3, 0.4) is 0 Å². The predicted molar refractivity (Wildman–Crippen MR) is 70.3 cm³/mol. The fourth-order valence-corrected chi connectivity index (χ4v) is 1.92. The molecule has 3 nitrogen and oxygen atoms in total. The minimum absolute atomic E-state index is 0.249. The average molecular weight is 297 g/mol. The lowest BCUT2D eigenvalue weighted by atomic mass is 10.2. The Morgan fingerprint density at radius 1 is 1.47 bits per heavy atom. The second-order valence-corrected chi connectivity index (χ2v) is 4.56.